The maximum Gasteiger partial charge on any atom is 0.328 e. The summed E-state index contributed by atoms with van der Waals surface area (Å²) in [5.41, 5.74) is -0.555. The van der Waals surface area contributed by atoms with Crippen LogP contribution in [0.3, 0.4) is 0 Å². The molecule has 0 aliphatic rings. The molecule has 0 aliphatic carbocycles. The van der Waals surface area contributed by atoms with Crippen LogP contribution in [0.25, 0.3) is 10.9 Å². The van der Waals surface area contributed by atoms with E-state index in [9.17, 15) is 19.2 Å². The lowest BCUT2D eigenvalue weighted by atomic mass is 10.2. The summed E-state index contributed by atoms with van der Waals surface area (Å²) in [4.78, 5) is 49.6. The van der Waals surface area contributed by atoms with Crippen LogP contribution >= 0.6 is 0 Å². The molecule has 8 nitrogen and oxygen atoms in total. The molecule has 1 aromatic heterocycles. The minimum absolute atomic E-state index is 0.0136. The molecule has 0 radical (unpaired) electrons. The summed E-state index contributed by atoms with van der Waals surface area (Å²) in [5.74, 6) is -0.617. The van der Waals surface area contributed by atoms with Gasteiger partial charge in [-0.2, -0.15) is 0 Å². The molecule has 0 fully saturated rings. The molecule has 2 amide bonds. The van der Waals surface area contributed by atoms with Crippen LogP contribution in [0.4, 0.5) is 0 Å². The van der Waals surface area contributed by atoms with Crippen LogP contribution in [-0.4, -0.2) is 34.0 Å². The fourth-order valence-corrected chi connectivity index (χ4v) is 2.38. The summed E-state index contributed by atoms with van der Waals surface area (Å²) in [7, 11) is 0. The number of amides is 2. The highest BCUT2D eigenvalue weighted by Crippen LogP contribution is 2.07. The number of hydrogen-bond acceptors (Lipinski definition) is 4. The molecule has 1 atom stereocenters. The van der Waals surface area contributed by atoms with Crippen LogP contribution in [0, 0.1) is 0 Å². The Labute approximate surface area is 137 Å². The fraction of sp³-hybridized carbons (Fsp3) is 0.375. The number of likely N-dealkylation sites (N-methyl/N-ethyl adjacent to an activating group) is 1. The van der Waals surface area contributed by atoms with Gasteiger partial charge in [-0.1, -0.05) is 12.1 Å². The van der Waals surface area contributed by atoms with Gasteiger partial charge in [0.1, 0.15) is 6.04 Å². The van der Waals surface area contributed by atoms with Gasteiger partial charge in [-0.05, 0) is 26.0 Å². The third-order valence-corrected chi connectivity index (χ3v) is 3.59. The van der Waals surface area contributed by atoms with Crippen LogP contribution in [0.15, 0.2) is 33.9 Å². The monoisotopic (exact) mass is 332 g/mol. The van der Waals surface area contributed by atoms with Gasteiger partial charge in [0, 0.05) is 19.5 Å². The number of carbonyl (C=O) groups is 2. The number of carbonyl (C=O) groups excluding carboxylic acids is 2. The van der Waals surface area contributed by atoms with E-state index in [-0.39, 0.29) is 24.8 Å². The molecule has 24 heavy (non-hydrogen) atoms. The minimum Gasteiger partial charge on any atom is -0.355 e. The van der Waals surface area contributed by atoms with Gasteiger partial charge in [-0.3, -0.25) is 23.9 Å². The minimum atomic E-state index is -0.651. The first-order chi connectivity index (χ1) is 11.4. The quantitative estimate of drug-likeness (QED) is 0.675. The number of para-hydroxylation sites is 1. The zero-order valence-corrected chi connectivity index (χ0v) is 13.6. The predicted octanol–water partition coefficient (Wildman–Crippen LogP) is -0.279. The summed E-state index contributed by atoms with van der Waals surface area (Å²) < 4.78 is 1.34. The molecule has 0 saturated heterocycles. The van der Waals surface area contributed by atoms with Gasteiger partial charge < -0.3 is 10.6 Å². The third-order valence-electron chi connectivity index (χ3n) is 3.59. The highest BCUT2D eigenvalue weighted by molar-refractivity contribution is 5.87. The largest absolute Gasteiger partial charge is 0.355 e. The second-order valence-electron chi connectivity index (χ2n) is 5.36. The van der Waals surface area contributed by atoms with Gasteiger partial charge in [-0.15, -0.1) is 0 Å². The molecule has 1 heterocycles. The Hall–Kier alpha value is -2.90. The van der Waals surface area contributed by atoms with Gasteiger partial charge in [0.15, 0.2) is 0 Å². The molecule has 3 N–H and O–H groups in total. The van der Waals surface area contributed by atoms with E-state index in [2.05, 4.69) is 15.6 Å². The van der Waals surface area contributed by atoms with Crippen molar-refractivity contribution in [3.8, 4) is 0 Å². The van der Waals surface area contributed by atoms with Crippen LogP contribution in [0.1, 0.15) is 20.3 Å². The van der Waals surface area contributed by atoms with Crippen molar-refractivity contribution in [3.63, 3.8) is 0 Å². The number of fused-ring (bicyclic) bond motifs is 1. The van der Waals surface area contributed by atoms with Gasteiger partial charge in [0.25, 0.3) is 5.56 Å². The summed E-state index contributed by atoms with van der Waals surface area (Å²) >= 11 is 0. The number of aryl methyl sites for hydroxylation is 1. The van der Waals surface area contributed by atoms with E-state index >= 15 is 0 Å². The highest BCUT2D eigenvalue weighted by Gasteiger charge is 2.15. The first kappa shape index (κ1) is 17.5. The zero-order valence-electron chi connectivity index (χ0n) is 13.6. The highest BCUT2D eigenvalue weighted by atomic mass is 16.2. The van der Waals surface area contributed by atoms with Crippen LogP contribution in [0.2, 0.25) is 0 Å². The Morgan fingerprint density at radius 3 is 2.67 bits per heavy atom. The first-order valence-electron chi connectivity index (χ1n) is 7.73. The number of hydrogen-bond donors (Lipinski definition) is 3. The number of rotatable bonds is 6. The number of nitrogens with zero attached hydrogens (tertiary/aromatic N) is 1. The first-order valence-corrected chi connectivity index (χ1v) is 7.73. The zero-order chi connectivity index (χ0) is 17.7. The maximum absolute atomic E-state index is 12.0. The molecular weight excluding hydrogens is 312 g/mol. The van der Waals surface area contributed by atoms with Crippen molar-refractivity contribution >= 4 is 22.7 Å². The van der Waals surface area contributed by atoms with Crippen LogP contribution in [-0.2, 0) is 16.1 Å². The number of H-pyrrole nitrogens is 1. The van der Waals surface area contributed by atoms with Crippen molar-refractivity contribution in [2.75, 3.05) is 6.54 Å². The molecule has 8 heteroatoms. The molecule has 0 aliphatic heterocycles. The fourth-order valence-electron chi connectivity index (χ4n) is 2.38. The Morgan fingerprint density at radius 2 is 1.96 bits per heavy atom. The topological polar surface area (TPSA) is 113 Å². The van der Waals surface area contributed by atoms with Gasteiger partial charge in [0.2, 0.25) is 11.8 Å². The van der Waals surface area contributed by atoms with Crippen LogP contribution in [0.5, 0.6) is 0 Å². The standard InChI is InChI=1S/C16H20N4O4/c1-3-17-14(22)10(2)18-13(21)8-9-20-12-7-5-4-6-11(12)15(23)19-16(20)24/h4-7,10H,3,8-9H2,1-2H3,(H,17,22)(H,18,21)(H,19,23,24). The third kappa shape index (κ3) is 3.89. The molecule has 0 bridgehead atoms. The second kappa shape index (κ2) is 7.58. The van der Waals surface area contributed by atoms with Gasteiger partial charge >= 0.3 is 5.69 Å². The Kier molecular flexibility index (Phi) is 5.51. The van der Waals surface area contributed by atoms with Crippen LogP contribution < -0.4 is 21.9 Å². The van der Waals surface area contributed by atoms with Crippen molar-refractivity contribution < 1.29 is 9.59 Å². The van der Waals surface area contributed by atoms with E-state index in [1.165, 1.54) is 4.57 Å². The summed E-state index contributed by atoms with van der Waals surface area (Å²) in [6.45, 7) is 3.96. The molecule has 1 unspecified atom stereocenters. The number of aromatic amines is 1. The number of nitrogens with one attached hydrogen (secondary N) is 3. The summed E-state index contributed by atoms with van der Waals surface area (Å²) in [6, 6.07) is 6.03. The average molecular weight is 332 g/mol. The van der Waals surface area contributed by atoms with Crippen molar-refractivity contribution in [2.24, 2.45) is 0 Å². The second-order valence-corrected chi connectivity index (χ2v) is 5.36. The van der Waals surface area contributed by atoms with Gasteiger partial charge in [-0.25, -0.2) is 4.79 Å². The van der Waals surface area contributed by atoms with E-state index in [1.54, 1.807) is 38.1 Å². The van der Waals surface area contributed by atoms with E-state index in [4.69, 9.17) is 0 Å². The van der Waals surface area contributed by atoms with E-state index < -0.39 is 17.3 Å². The lowest BCUT2D eigenvalue weighted by Gasteiger charge is -2.14. The molecule has 2 aromatic rings. The number of aromatic nitrogens is 2. The summed E-state index contributed by atoms with van der Waals surface area (Å²) in [5, 5.41) is 5.57. The molecular formula is C16H20N4O4. The van der Waals surface area contributed by atoms with Gasteiger partial charge in [0.05, 0.1) is 10.9 Å². The predicted molar refractivity (Wildman–Crippen MR) is 89.7 cm³/mol. The molecule has 2 rings (SSSR count). The van der Waals surface area contributed by atoms with Crippen molar-refractivity contribution in [1.82, 2.24) is 20.2 Å². The average Bonchev–Trinajstić information content (AvgIpc) is 2.54. The van der Waals surface area contributed by atoms with Crippen molar-refractivity contribution in [2.45, 2.75) is 32.9 Å². The van der Waals surface area contributed by atoms with Crippen molar-refractivity contribution in [3.05, 3.63) is 45.1 Å². The Bertz CT molecular complexity index is 868. The normalized spacial score (nSPS) is 11.9. The van der Waals surface area contributed by atoms with E-state index in [0.29, 0.717) is 17.4 Å². The summed E-state index contributed by atoms with van der Waals surface area (Å²) in [6.07, 6.45) is 0.0136. The van der Waals surface area contributed by atoms with Crippen molar-refractivity contribution in [1.29, 1.82) is 0 Å². The lowest BCUT2D eigenvalue weighted by molar-refractivity contribution is -0.128. The van der Waals surface area contributed by atoms with E-state index in [0.717, 1.165) is 0 Å². The maximum atomic E-state index is 12.0. The SMILES string of the molecule is CCNC(=O)C(C)NC(=O)CCn1c(=O)[nH]c(=O)c2ccccc21. The lowest BCUT2D eigenvalue weighted by Crippen LogP contribution is -2.45. The number of benzene rings is 1. The molecule has 1 aromatic carbocycles. The smallest absolute Gasteiger partial charge is 0.328 e. The molecule has 0 spiro atoms. The molecule has 0 saturated carbocycles. The molecule has 128 valence electrons. The Balaban J connectivity index is 2.11. The van der Waals surface area contributed by atoms with E-state index in [1.807, 2.05) is 0 Å². The Morgan fingerprint density at radius 1 is 1.25 bits per heavy atom.